The Morgan fingerprint density at radius 1 is 1.12 bits per heavy atom. The SMILES string of the molecule is CN(C)C(=O)c1ccc(CNC(=O)C2Cc3ccccc3C(=O)O2)cc1. The lowest BCUT2D eigenvalue weighted by Gasteiger charge is -2.23. The number of carbonyl (C=O) groups excluding carboxylic acids is 3. The van der Waals surface area contributed by atoms with Crippen molar-refractivity contribution in [1.29, 1.82) is 0 Å². The minimum absolute atomic E-state index is 0.0756. The topological polar surface area (TPSA) is 75.7 Å². The summed E-state index contributed by atoms with van der Waals surface area (Å²) < 4.78 is 5.24. The van der Waals surface area contributed by atoms with Crippen molar-refractivity contribution in [2.45, 2.75) is 19.1 Å². The van der Waals surface area contributed by atoms with Gasteiger partial charge in [0.1, 0.15) is 0 Å². The maximum Gasteiger partial charge on any atom is 0.339 e. The fourth-order valence-electron chi connectivity index (χ4n) is 2.80. The second-order valence-electron chi connectivity index (χ2n) is 6.37. The average Bonchev–Trinajstić information content (AvgIpc) is 2.65. The largest absolute Gasteiger partial charge is 0.448 e. The van der Waals surface area contributed by atoms with Crippen LogP contribution in [0, 0.1) is 0 Å². The normalized spacial score (nSPS) is 15.6. The van der Waals surface area contributed by atoms with Crippen molar-refractivity contribution in [3.05, 3.63) is 70.8 Å². The van der Waals surface area contributed by atoms with Gasteiger partial charge < -0.3 is 15.0 Å². The molecule has 0 radical (unpaired) electrons. The van der Waals surface area contributed by atoms with E-state index in [1.807, 2.05) is 12.1 Å². The summed E-state index contributed by atoms with van der Waals surface area (Å²) in [6, 6.07) is 14.2. The number of esters is 1. The van der Waals surface area contributed by atoms with Crippen LogP contribution in [0.15, 0.2) is 48.5 Å². The molecule has 0 aliphatic carbocycles. The quantitative estimate of drug-likeness (QED) is 0.851. The highest BCUT2D eigenvalue weighted by Gasteiger charge is 2.30. The molecule has 0 aromatic heterocycles. The molecule has 26 heavy (non-hydrogen) atoms. The molecule has 6 nitrogen and oxygen atoms in total. The van der Waals surface area contributed by atoms with Crippen LogP contribution >= 0.6 is 0 Å². The second-order valence-corrected chi connectivity index (χ2v) is 6.37. The Hall–Kier alpha value is -3.15. The summed E-state index contributed by atoms with van der Waals surface area (Å²) in [4.78, 5) is 37.7. The molecule has 1 aliphatic heterocycles. The van der Waals surface area contributed by atoms with Gasteiger partial charge in [0, 0.05) is 32.6 Å². The number of carbonyl (C=O) groups is 3. The van der Waals surface area contributed by atoms with Crippen molar-refractivity contribution in [1.82, 2.24) is 10.2 Å². The summed E-state index contributed by atoms with van der Waals surface area (Å²) in [5.41, 5.74) is 2.77. The van der Waals surface area contributed by atoms with Gasteiger partial charge >= 0.3 is 5.97 Å². The van der Waals surface area contributed by atoms with E-state index in [1.54, 1.807) is 50.5 Å². The highest BCUT2D eigenvalue weighted by Crippen LogP contribution is 2.20. The van der Waals surface area contributed by atoms with E-state index in [0.29, 0.717) is 24.1 Å². The first-order valence-corrected chi connectivity index (χ1v) is 8.33. The van der Waals surface area contributed by atoms with Crippen molar-refractivity contribution < 1.29 is 19.1 Å². The number of fused-ring (bicyclic) bond motifs is 1. The van der Waals surface area contributed by atoms with Crippen molar-refractivity contribution in [2.75, 3.05) is 14.1 Å². The maximum atomic E-state index is 12.3. The van der Waals surface area contributed by atoms with Crippen LogP contribution in [0.2, 0.25) is 0 Å². The molecule has 2 aromatic rings. The van der Waals surface area contributed by atoms with Gasteiger partial charge in [0.15, 0.2) is 6.10 Å². The molecule has 1 heterocycles. The number of hydrogen-bond donors (Lipinski definition) is 1. The molecule has 2 aromatic carbocycles. The zero-order chi connectivity index (χ0) is 18.7. The van der Waals surface area contributed by atoms with Gasteiger partial charge in [-0.05, 0) is 29.3 Å². The van der Waals surface area contributed by atoms with Gasteiger partial charge in [-0.25, -0.2) is 4.79 Å². The highest BCUT2D eigenvalue weighted by molar-refractivity contribution is 5.96. The third-order valence-electron chi connectivity index (χ3n) is 4.26. The zero-order valence-electron chi connectivity index (χ0n) is 14.7. The molecular weight excluding hydrogens is 332 g/mol. The smallest absolute Gasteiger partial charge is 0.339 e. The third kappa shape index (κ3) is 3.74. The Labute approximate surface area is 151 Å². The standard InChI is InChI=1S/C20H20N2O4/c1-22(2)19(24)14-9-7-13(8-10-14)12-21-18(23)17-11-15-5-3-4-6-16(15)20(25)26-17/h3-10,17H,11-12H2,1-2H3,(H,21,23). The molecule has 1 aliphatic rings. The van der Waals surface area contributed by atoms with E-state index in [1.165, 1.54) is 4.90 Å². The fourth-order valence-corrected chi connectivity index (χ4v) is 2.80. The highest BCUT2D eigenvalue weighted by atomic mass is 16.5. The summed E-state index contributed by atoms with van der Waals surface area (Å²) in [5, 5.41) is 2.78. The van der Waals surface area contributed by atoms with E-state index in [2.05, 4.69) is 5.32 Å². The van der Waals surface area contributed by atoms with Gasteiger partial charge in [0.05, 0.1) is 5.56 Å². The molecule has 0 saturated carbocycles. The number of nitrogens with one attached hydrogen (secondary N) is 1. The molecule has 0 spiro atoms. The van der Waals surface area contributed by atoms with Gasteiger partial charge in [-0.3, -0.25) is 9.59 Å². The van der Waals surface area contributed by atoms with E-state index < -0.39 is 12.1 Å². The van der Waals surface area contributed by atoms with Crippen molar-refractivity contribution in [2.24, 2.45) is 0 Å². The Balaban J connectivity index is 1.59. The van der Waals surface area contributed by atoms with E-state index in [9.17, 15) is 14.4 Å². The number of hydrogen-bond acceptors (Lipinski definition) is 4. The number of amides is 2. The molecule has 0 bridgehead atoms. The predicted octanol–water partition coefficient (Wildman–Crippen LogP) is 1.79. The number of benzene rings is 2. The lowest BCUT2D eigenvalue weighted by Crippen LogP contribution is -2.41. The monoisotopic (exact) mass is 352 g/mol. The van der Waals surface area contributed by atoms with Crippen molar-refractivity contribution in [3.8, 4) is 0 Å². The molecule has 0 saturated heterocycles. The molecule has 134 valence electrons. The van der Waals surface area contributed by atoms with Crippen LogP contribution in [0.5, 0.6) is 0 Å². The van der Waals surface area contributed by atoms with Crippen LogP contribution < -0.4 is 5.32 Å². The lowest BCUT2D eigenvalue weighted by molar-refractivity contribution is -0.130. The molecule has 6 heteroatoms. The fraction of sp³-hybridized carbons (Fsp3) is 0.250. The predicted molar refractivity (Wildman–Crippen MR) is 95.7 cm³/mol. The molecule has 2 amide bonds. The van der Waals surface area contributed by atoms with E-state index >= 15 is 0 Å². The molecule has 0 fully saturated rings. The Morgan fingerprint density at radius 2 is 1.81 bits per heavy atom. The summed E-state index contributed by atoms with van der Waals surface area (Å²) >= 11 is 0. The van der Waals surface area contributed by atoms with Gasteiger partial charge in [-0.2, -0.15) is 0 Å². The van der Waals surface area contributed by atoms with Crippen LogP contribution in [0.3, 0.4) is 0 Å². The minimum Gasteiger partial charge on any atom is -0.448 e. The summed E-state index contributed by atoms with van der Waals surface area (Å²) in [6.07, 6.45) is -0.462. The first kappa shape index (κ1) is 17.7. The molecule has 1 unspecified atom stereocenters. The van der Waals surface area contributed by atoms with Crippen molar-refractivity contribution >= 4 is 17.8 Å². The van der Waals surface area contributed by atoms with Gasteiger partial charge in [-0.1, -0.05) is 30.3 Å². The Kier molecular flexibility index (Phi) is 5.02. The summed E-state index contributed by atoms with van der Waals surface area (Å²) in [5.74, 6) is -0.881. The van der Waals surface area contributed by atoms with E-state index in [0.717, 1.165) is 11.1 Å². The lowest BCUT2D eigenvalue weighted by atomic mass is 9.98. The van der Waals surface area contributed by atoms with Crippen LogP contribution in [0.4, 0.5) is 0 Å². The number of cyclic esters (lactones) is 1. The molecule has 3 rings (SSSR count). The van der Waals surface area contributed by atoms with E-state index in [4.69, 9.17) is 4.74 Å². The number of ether oxygens (including phenoxy) is 1. The number of rotatable bonds is 4. The maximum absolute atomic E-state index is 12.3. The zero-order valence-corrected chi connectivity index (χ0v) is 14.7. The number of nitrogens with zero attached hydrogens (tertiary/aromatic N) is 1. The summed E-state index contributed by atoms with van der Waals surface area (Å²) in [6.45, 7) is 0.297. The molecular formula is C20H20N2O4. The first-order chi connectivity index (χ1) is 12.5. The van der Waals surface area contributed by atoms with Crippen LogP contribution in [0.1, 0.15) is 31.8 Å². The van der Waals surface area contributed by atoms with Crippen LogP contribution in [0.25, 0.3) is 0 Å². The Bertz CT molecular complexity index is 843. The van der Waals surface area contributed by atoms with Crippen LogP contribution in [-0.4, -0.2) is 42.9 Å². The third-order valence-corrected chi connectivity index (χ3v) is 4.26. The van der Waals surface area contributed by atoms with Gasteiger partial charge in [0.2, 0.25) is 0 Å². The van der Waals surface area contributed by atoms with Crippen LogP contribution in [-0.2, 0) is 22.5 Å². The second kappa shape index (κ2) is 7.39. The van der Waals surface area contributed by atoms with Crippen molar-refractivity contribution in [3.63, 3.8) is 0 Å². The Morgan fingerprint density at radius 3 is 2.50 bits per heavy atom. The average molecular weight is 352 g/mol. The molecule has 1 atom stereocenters. The minimum atomic E-state index is -0.827. The van der Waals surface area contributed by atoms with E-state index in [-0.39, 0.29) is 11.8 Å². The molecule has 1 N–H and O–H groups in total. The van der Waals surface area contributed by atoms with Gasteiger partial charge in [0.25, 0.3) is 11.8 Å². The van der Waals surface area contributed by atoms with Gasteiger partial charge in [-0.15, -0.1) is 0 Å². The first-order valence-electron chi connectivity index (χ1n) is 8.33. The summed E-state index contributed by atoms with van der Waals surface area (Å²) in [7, 11) is 3.39.